The minimum absolute atomic E-state index is 0.362. The van der Waals surface area contributed by atoms with E-state index in [9.17, 15) is 4.79 Å². The summed E-state index contributed by atoms with van der Waals surface area (Å²) < 4.78 is 7.63. The van der Waals surface area contributed by atoms with Crippen molar-refractivity contribution in [3.05, 3.63) is 53.7 Å². The van der Waals surface area contributed by atoms with Crippen LogP contribution < -0.4 is 0 Å². The Hall–Kier alpha value is -2.36. The van der Waals surface area contributed by atoms with Gasteiger partial charge in [0.25, 0.3) is 0 Å². The van der Waals surface area contributed by atoms with Crippen molar-refractivity contribution in [1.82, 2.24) is 9.55 Å². The highest BCUT2D eigenvalue weighted by Crippen LogP contribution is 2.19. The van der Waals surface area contributed by atoms with Gasteiger partial charge >= 0.3 is 0 Å². The number of hydrogen-bond acceptors (Lipinski definition) is 3. The monoisotopic (exact) mass is 268 g/mol. The van der Waals surface area contributed by atoms with Gasteiger partial charge in [-0.1, -0.05) is 19.1 Å². The number of imidazole rings is 1. The van der Waals surface area contributed by atoms with Crippen LogP contribution in [0.5, 0.6) is 0 Å². The molecule has 0 aliphatic rings. The van der Waals surface area contributed by atoms with Crippen molar-refractivity contribution in [2.45, 2.75) is 26.3 Å². The lowest BCUT2D eigenvalue weighted by molar-refractivity contribution is 0.109. The summed E-state index contributed by atoms with van der Waals surface area (Å²) in [6, 6.07) is 11.6. The molecular formula is C16H16N2O2. The molecule has 4 nitrogen and oxygen atoms in total. The van der Waals surface area contributed by atoms with E-state index in [-0.39, 0.29) is 0 Å². The van der Waals surface area contributed by atoms with Gasteiger partial charge in [-0.2, -0.15) is 0 Å². The second-order valence-corrected chi connectivity index (χ2v) is 4.77. The molecule has 0 aliphatic carbocycles. The molecule has 20 heavy (non-hydrogen) atoms. The standard InChI is InChI=1S/C16H16N2O2/c1-2-5-16-17-14-6-3-4-7-15(14)18(16)10-12-8-9-13(11-19)20-12/h3-4,6-9,11H,2,5,10H2,1H3. The molecule has 0 saturated carbocycles. The highest BCUT2D eigenvalue weighted by Gasteiger charge is 2.11. The van der Waals surface area contributed by atoms with Gasteiger partial charge in [-0.15, -0.1) is 0 Å². The van der Waals surface area contributed by atoms with Crippen molar-refractivity contribution < 1.29 is 9.21 Å². The van der Waals surface area contributed by atoms with Gasteiger partial charge in [0.2, 0.25) is 0 Å². The summed E-state index contributed by atoms with van der Waals surface area (Å²) in [4.78, 5) is 15.4. The predicted octanol–water partition coefficient (Wildman–Crippen LogP) is 3.44. The minimum Gasteiger partial charge on any atom is -0.456 e. The molecular weight excluding hydrogens is 252 g/mol. The van der Waals surface area contributed by atoms with Crippen LogP contribution in [0.25, 0.3) is 11.0 Å². The highest BCUT2D eigenvalue weighted by atomic mass is 16.3. The quantitative estimate of drug-likeness (QED) is 0.666. The molecule has 0 radical (unpaired) electrons. The van der Waals surface area contributed by atoms with Crippen LogP contribution in [0.1, 0.15) is 35.5 Å². The lowest BCUT2D eigenvalue weighted by Gasteiger charge is -2.06. The zero-order valence-electron chi connectivity index (χ0n) is 11.4. The average molecular weight is 268 g/mol. The number of aromatic nitrogens is 2. The fourth-order valence-electron chi connectivity index (χ4n) is 2.41. The van der Waals surface area contributed by atoms with Gasteiger partial charge in [-0.05, 0) is 30.7 Å². The number of para-hydroxylation sites is 2. The first-order valence-corrected chi connectivity index (χ1v) is 6.80. The Labute approximate surface area is 117 Å². The zero-order chi connectivity index (χ0) is 13.9. The molecule has 0 amide bonds. The number of carbonyl (C=O) groups excluding carboxylic acids is 1. The largest absolute Gasteiger partial charge is 0.456 e. The molecule has 4 heteroatoms. The molecule has 0 aliphatic heterocycles. The molecule has 0 bridgehead atoms. The van der Waals surface area contributed by atoms with Crippen LogP contribution in [0.15, 0.2) is 40.8 Å². The number of nitrogens with zero attached hydrogens (tertiary/aromatic N) is 2. The third-order valence-corrected chi connectivity index (χ3v) is 3.32. The molecule has 0 unspecified atom stereocenters. The van der Waals surface area contributed by atoms with Gasteiger partial charge in [0, 0.05) is 6.42 Å². The molecule has 0 spiro atoms. The summed E-state index contributed by atoms with van der Waals surface area (Å²) in [5, 5.41) is 0. The van der Waals surface area contributed by atoms with E-state index in [1.54, 1.807) is 6.07 Å². The maximum Gasteiger partial charge on any atom is 0.185 e. The normalized spacial score (nSPS) is 11.1. The number of fused-ring (bicyclic) bond motifs is 1. The van der Waals surface area contributed by atoms with Gasteiger partial charge in [-0.3, -0.25) is 4.79 Å². The Balaban J connectivity index is 2.03. The SMILES string of the molecule is CCCc1nc2ccccc2n1Cc1ccc(C=O)o1. The van der Waals surface area contributed by atoms with Crippen LogP contribution in [-0.2, 0) is 13.0 Å². The van der Waals surface area contributed by atoms with E-state index in [1.807, 2.05) is 24.3 Å². The van der Waals surface area contributed by atoms with E-state index in [4.69, 9.17) is 4.42 Å². The summed E-state index contributed by atoms with van der Waals surface area (Å²) in [7, 11) is 0. The molecule has 0 saturated heterocycles. The Bertz CT molecular complexity index is 740. The lowest BCUT2D eigenvalue weighted by Crippen LogP contribution is -2.04. The molecule has 3 rings (SSSR count). The van der Waals surface area contributed by atoms with Gasteiger partial charge in [-0.25, -0.2) is 4.98 Å². The number of carbonyl (C=O) groups is 1. The molecule has 0 fully saturated rings. The number of rotatable bonds is 5. The number of furan rings is 1. The fourth-order valence-corrected chi connectivity index (χ4v) is 2.41. The van der Waals surface area contributed by atoms with Crippen LogP contribution in [0, 0.1) is 0 Å². The van der Waals surface area contributed by atoms with E-state index in [0.717, 1.165) is 41.7 Å². The van der Waals surface area contributed by atoms with Gasteiger partial charge in [0.1, 0.15) is 11.6 Å². The maximum absolute atomic E-state index is 10.7. The van der Waals surface area contributed by atoms with Crippen LogP contribution in [0.3, 0.4) is 0 Å². The van der Waals surface area contributed by atoms with Crippen LogP contribution >= 0.6 is 0 Å². The summed E-state index contributed by atoms with van der Waals surface area (Å²) in [5.74, 6) is 2.19. The molecule has 3 aromatic rings. The van der Waals surface area contributed by atoms with Crippen LogP contribution in [0.2, 0.25) is 0 Å². The molecule has 102 valence electrons. The predicted molar refractivity (Wildman–Crippen MR) is 76.9 cm³/mol. The molecule has 0 atom stereocenters. The number of hydrogen-bond donors (Lipinski definition) is 0. The zero-order valence-corrected chi connectivity index (χ0v) is 11.4. The fraction of sp³-hybridized carbons (Fsp3) is 0.250. The Morgan fingerprint density at radius 2 is 2.10 bits per heavy atom. The summed E-state index contributed by atoms with van der Waals surface area (Å²) in [5.41, 5.74) is 2.10. The second kappa shape index (κ2) is 5.33. The molecule has 2 heterocycles. The van der Waals surface area contributed by atoms with Crippen molar-refractivity contribution in [2.75, 3.05) is 0 Å². The topological polar surface area (TPSA) is 48.0 Å². The molecule has 0 N–H and O–H groups in total. The molecule has 1 aromatic carbocycles. The summed E-state index contributed by atoms with van der Waals surface area (Å²) in [6.45, 7) is 2.74. The lowest BCUT2D eigenvalue weighted by atomic mass is 10.3. The van der Waals surface area contributed by atoms with Crippen molar-refractivity contribution in [1.29, 1.82) is 0 Å². The number of aryl methyl sites for hydroxylation is 1. The van der Waals surface area contributed by atoms with Crippen molar-refractivity contribution in [3.8, 4) is 0 Å². The Kier molecular flexibility index (Phi) is 3.37. The summed E-state index contributed by atoms with van der Waals surface area (Å²) in [6.07, 6.45) is 2.69. The number of benzene rings is 1. The Morgan fingerprint density at radius 1 is 1.25 bits per heavy atom. The van der Waals surface area contributed by atoms with Gasteiger partial charge < -0.3 is 8.98 Å². The molecule has 2 aromatic heterocycles. The first kappa shape index (κ1) is 12.7. The first-order chi connectivity index (χ1) is 9.81. The van der Waals surface area contributed by atoms with Gasteiger partial charge in [0.05, 0.1) is 17.6 Å². The Morgan fingerprint density at radius 3 is 2.85 bits per heavy atom. The van der Waals surface area contributed by atoms with Crippen LogP contribution in [-0.4, -0.2) is 15.8 Å². The van der Waals surface area contributed by atoms with Crippen LogP contribution in [0.4, 0.5) is 0 Å². The van der Waals surface area contributed by atoms with Crippen molar-refractivity contribution in [2.24, 2.45) is 0 Å². The summed E-state index contributed by atoms with van der Waals surface area (Å²) >= 11 is 0. The maximum atomic E-state index is 10.7. The average Bonchev–Trinajstić information content (AvgIpc) is 3.05. The van der Waals surface area contributed by atoms with E-state index in [1.165, 1.54) is 0 Å². The third-order valence-electron chi connectivity index (χ3n) is 3.32. The van der Waals surface area contributed by atoms with Gasteiger partial charge in [0.15, 0.2) is 12.0 Å². The van der Waals surface area contributed by atoms with Crippen molar-refractivity contribution in [3.63, 3.8) is 0 Å². The van der Waals surface area contributed by atoms with E-state index in [2.05, 4.69) is 22.5 Å². The van der Waals surface area contributed by atoms with E-state index < -0.39 is 0 Å². The first-order valence-electron chi connectivity index (χ1n) is 6.80. The number of aldehydes is 1. The van der Waals surface area contributed by atoms with E-state index >= 15 is 0 Å². The van der Waals surface area contributed by atoms with Crippen molar-refractivity contribution >= 4 is 17.3 Å². The minimum atomic E-state index is 0.362. The van der Waals surface area contributed by atoms with E-state index in [0.29, 0.717) is 12.3 Å². The third kappa shape index (κ3) is 2.25. The highest BCUT2D eigenvalue weighted by molar-refractivity contribution is 5.76. The smallest absolute Gasteiger partial charge is 0.185 e. The second-order valence-electron chi connectivity index (χ2n) is 4.77.